The van der Waals surface area contributed by atoms with Crippen LogP contribution in [0.2, 0.25) is 0 Å². The number of carbonyl (C=O) groups is 2. The van der Waals surface area contributed by atoms with Crippen LogP contribution in [0.3, 0.4) is 0 Å². The van der Waals surface area contributed by atoms with Crippen LogP contribution >= 0.6 is 0 Å². The Kier molecular flexibility index (Phi) is 2.88. The van der Waals surface area contributed by atoms with Gasteiger partial charge in [-0.1, -0.05) is 24.3 Å². The second kappa shape index (κ2) is 4.20. The van der Waals surface area contributed by atoms with Gasteiger partial charge in [0.15, 0.2) is 5.41 Å². The smallest absolute Gasteiger partial charge is 0.324 e. The molecule has 17 heavy (non-hydrogen) atoms. The minimum Gasteiger partial charge on any atom is -0.480 e. The molecule has 0 amide bonds. The van der Waals surface area contributed by atoms with E-state index >= 15 is 0 Å². The Labute approximate surface area is 99.2 Å². The number of carboxylic acid groups (broad SMARTS) is 1. The van der Waals surface area contributed by atoms with Crippen LogP contribution in [0.5, 0.6) is 0 Å². The second-order valence-electron chi connectivity index (χ2n) is 4.23. The summed E-state index contributed by atoms with van der Waals surface area (Å²) in [5.41, 5.74) is 0.408. The summed E-state index contributed by atoms with van der Waals surface area (Å²) < 4.78 is 4.90. The first-order valence-electron chi connectivity index (χ1n) is 5.57. The lowest BCUT2D eigenvalue weighted by atomic mass is 9.85. The minimum atomic E-state index is -1.43. The van der Waals surface area contributed by atoms with Crippen LogP contribution in [0.4, 0.5) is 0 Å². The van der Waals surface area contributed by atoms with Gasteiger partial charge in [-0.05, 0) is 30.9 Å². The molecular formula is C13H14O4. The Morgan fingerprint density at radius 3 is 2.24 bits per heavy atom. The maximum Gasteiger partial charge on any atom is 0.324 e. The van der Waals surface area contributed by atoms with E-state index in [0.29, 0.717) is 0 Å². The molecule has 1 aliphatic carbocycles. The molecule has 4 nitrogen and oxygen atoms in total. The van der Waals surface area contributed by atoms with Gasteiger partial charge in [-0.25, -0.2) is 0 Å². The number of benzene rings is 1. The number of hydrogen-bond donors (Lipinski definition) is 1. The summed E-state index contributed by atoms with van der Waals surface area (Å²) in [6.45, 7) is 1.87. The van der Waals surface area contributed by atoms with E-state index in [9.17, 15) is 14.7 Å². The van der Waals surface area contributed by atoms with Gasteiger partial charge in [-0.15, -0.1) is 0 Å². The first-order valence-corrected chi connectivity index (χ1v) is 5.57. The third kappa shape index (κ3) is 1.79. The fraction of sp³-hybridized carbons (Fsp3) is 0.385. The van der Waals surface area contributed by atoms with Gasteiger partial charge >= 0.3 is 11.9 Å². The van der Waals surface area contributed by atoms with Crippen molar-refractivity contribution in [2.24, 2.45) is 5.41 Å². The van der Waals surface area contributed by atoms with Crippen LogP contribution in [0.15, 0.2) is 24.3 Å². The number of carboxylic acids is 1. The van der Waals surface area contributed by atoms with Crippen molar-refractivity contribution >= 4 is 11.9 Å². The molecule has 0 radical (unpaired) electrons. The summed E-state index contributed by atoms with van der Waals surface area (Å²) in [7, 11) is 0. The molecule has 0 aliphatic heterocycles. The molecule has 0 heterocycles. The molecule has 1 N–H and O–H groups in total. The molecule has 1 aliphatic rings. The van der Waals surface area contributed by atoms with Crippen molar-refractivity contribution in [1.82, 2.24) is 0 Å². The van der Waals surface area contributed by atoms with Crippen molar-refractivity contribution in [3.8, 4) is 0 Å². The Hall–Kier alpha value is -1.84. The molecule has 0 bridgehead atoms. The summed E-state index contributed by atoms with van der Waals surface area (Å²) in [4.78, 5) is 23.3. The van der Waals surface area contributed by atoms with Crippen LogP contribution in [-0.2, 0) is 27.2 Å². The number of carbonyl (C=O) groups excluding carboxylic acids is 1. The summed E-state index contributed by atoms with van der Waals surface area (Å²) in [6.07, 6.45) is 0.439. The molecular weight excluding hydrogens is 220 g/mol. The highest BCUT2D eigenvalue weighted by atomic mass is 16.5. The van der Waals surface area contributed by atoms with Gasteiger partial charge in [0.2, 0.25) is 0 Å². The van der Waals surface area contributed by atoms with Crippen LogP contribution < -0.4 is 0 Å². The number of ether oxygens (including phenoxy) is 1. The van der Waals surface area contributed by atoms with E-state index in [-0.39, 0.29) is 19.4 Å². The first kappa shape index (κ1) is 11.6. The molecule has 0 saturated carbocycles. The topological polar surface area (TPSA) is 63.6 Å². The van der Waals surface area contributed by atoms with E-state index in [4.69, 9.17) is 4.74 Å². The zero-order valence-corrected chi connectivity index (χ0v) is 9.60. The predicted molar refractivity (Wildman–Crippen MR) is 60.6 cm³/mol. The zero-order chi connectivity index (χ0) is 12.5. The number of hydrogen-bond acceptors (Lipinski definition) is 3. The van der Waals surface area contributed by atoms with E-state index in [1.807, 2.05) is 24.3 Å². The van der Waals surface area contributed by atoms with Gasteiger partial charge in [0.1, 0.15) is 0 Å². The molecule has 1 aromatic carbocycles. The lowest BCUT2D eigenvalue weighted by Gasteiger charge is -2.21. The van der Waals surface area contributed by atoms with E-state index in [1.165, 1.54) is 0 Å². The van der Waals surface area contributed by atoms with Gasteiger partial charge in [-0.3, -0.25) is 9.59 Å². The minimum absolute atomic E-state index is 0.199. The quantitative estimate of drug-likeness (QED) is 0.634. The molecule has 0 spiro atoms. The molecule has 0 unspecified atom stereocenters. The maximum absolute atomic E-state index is 11.9. The molecule has 1 aromatic rings. The van der Waals surface area contributed by atoms with E-state index in [2.05, 4.69) is 0 Å². The maximum atomic E-state index is 11.9. The molecule has 0 aromatic heterocycles. The summed E-state index contributed by atoms with van der Waals surface area (Å²) in [5, 5.41) is 9.33. The summed E-state index contributed by atoms with van der Waals surface area (Å²) in [6, 6.07) is 7.42. The summed E-state index contributed by atoms with van der Waals surface area (Å²) in [5.74, 6) is -1.74. The highest BCUT2D eigenvalue weighted by Crippen LogP contribution is 2.38. The zero-order valence-electron chi connectivity index (χ0n) is 9.60. The molecule has 0 saturated heterocycles. The van der Waals surface area contributed by atoms with Gasteiger partial charge < -0.3 is 9.84 Å². The molecule has 0 atom stereocenters. The van der Waals surface area contributed by atoms with Gasteiger partial charge in [0.05, 0.1) is 6.61 Å². The molecule has 4 heteroatoms. The Balaban J connectivity index is 2.36. The third-order valence-electron chi connectivity index (χ3n) is 3.18. The van der Waals surface area contributed by atoms with Crippen molar-refractivity contribution in [2.75, 3.05) is 6.61 Å². The van der Waals surface area contributed by atoms with Crippen LogP contribution in [0.25, 0.3) is 0 Å². The standard InChI is InChI=1S/C13H14O4/c1-2-17-12(16)13(11(14)15)7-9-5-3-4-6-10(9)8-13/h3-6H,2,7-8H2,1H3,(H,14,15). The SMILES string of the molecule is CCOC(=O)C1(C(=O)O)Cc2ccccc2C1. The fourth-order valence-corrected chi connectivity index (χ4v) is 2.27. The van der Waals surface area contributed by atoms with Gasteiger partial charge in [-0.2, -0.15) is 0 Å². The Morgan fingerprint density at radius 1 is 1.29 bits per heavy atom. The van der Waals surface area contributed by atoms with Crippen LogP contribution in [0.1, 0.15) is 18.1 Å². The van der Waals surface area contributed by atoms with Gasteiger partial charge in [0.25, 0.3) is 0 Å². The van der Waals surface area contributed by atoms with Crippen LogP contribution in [0, 0.1) is 5.41 Å². The Bertz CT molecular complexity index is 439. The molecule has 2 rings (SSSR count). The highest BCUT2D eigenvalue weighted by Gasteiger charge is 2.51. The number of esters is 1. The Morgan fingerprint density at radius 2 is 1.82 bits per heavy atom. The van der Waals surface area contributed by atoms with E-state index in [1.54, 1.807) is 6.92 Å². The van der Waals surface area contributed by atoms with E-state index in [0.717, 1.165) is 11.1 Å². The van der Waals surface area contributed by atoms with Crippen molar-refractivity contribution in [1.29, 1.82) is 0 Å². The average molecular weight is 234 g/mol. The lowest BCUT2D eigenvalue weighted by Crippen LogP contribution is -2.41. The van der Waals surface area contributed by atoms with E-state index < -0.39 is 17.4 Å². The van der Waals surface area contributed by atoms with Crippen LogP contribution in [-0.4, -0.2) is 23.7 Å². The number of aliphatic carboxylic acids is 1. The highest BCUT2D eigenvalue weighted by molar-refractivity contribution is 6.00. The number of rotatable bonds is 3. The largest absolute Gasteiger partial charge is 0.480 e. The van der Waals surface area contributed by atoms with Crippen molar-refractivity contribution in [3.05, 3.63) is 35.4 Å². The third-order valence-corrected chi connectivity index (χ3v) is 3.18. The molecule has 0 fully saturated rings. The first-order chi connectivity index (χ1) is 8.10. The summed E-state index contributed by atoms with van der Waals surface area (Å²) >= 11 is 0. The fourth-order valence-electron chi connectivity index (χ4n) is 2.27. The predicted octanol–water partition coefficient (Wildman–Crippen LogP) is 1.42. The van der Waals surface area contributed by atoms with Gasteiger partial charge in [0, 0.05) is 0 Å². The lowest BCUT2D eigenvalue weighted by molar-refractivity contribution is -0.167. The van der Waals surface area contributed by atoms with Crippen molar-refractivity contribution in [2.45, 2.75) is 19.8 Å². The second-order valence-corrected chi connectivity index (χ2v) is 4.23. The normalized spacial score (nSPS) is 16.3. The monoisotopic (exact) mass is 234 g/mol. The average Bonchev–Trinajstić information content (AvgIpc) is 2.69. The number of fused-ring (bicyclic) bond motifs is 1. The molecule has 90 valence electrons. The van der Waals surface area contributed by atoms with Crippen molar-refractivity contribution in [3.63, 3.8) is 0 Å². The van der Waals surface area contributed by atoms with Crippen molar-refractivity contribution < 1.29 is 19.4 Å².